The Morgan fingerprint density at radius 1 is 1.00 bits per heavy atom. The summed E-state index contributed by atoms with van der Waals surface area (Å²) in [6.45, 7) is 8.88. The monoisotopic (exact) mass is 226 g/mol. The molecule has 0 amide bonds. The van der Waals surface area contributed by atoms with Gasteiger partial charge in [0.1, 0.15) is 0 Å². The largest absolute Gasteiger partial charge is 0.324 e. The van der Waals surface area contributed by atoms with Crippen LogP contribution in [0.3, 0.4) is 0 Å². The minimum absolute atomic E-state index is 0.212. The molecule has 0 aliphatic heterocycles. The Labute approximate surface area is 101 Å². The van der Waals surface area contributed by atoms with Crippen molar-refractivity contribution < 1.29 is 0 Å². The molecule has 96 valence electrons. The predicted octanol–water partition coefficient (Wildman–Crippen LogP) is 3.19. The summed E-state index contributed by atoms with van der Waals surface area (Å²) in [5.74, 6) is 0. The van der Waals surface area contributed by atoms with E-state index >= 15 is 0 Å². The van der Waals surface area contributed by atoms with Gasteiger partial charge in [0, 0.05) is 11.1 Å². The van der Waals surface area contributed by atoms with Crippen LogP contribution in [0.2, 0.25) is 0 Å². The summed E-state index contributed by atoms with van der Waals surface area (Å²) in [5.41, 5.74) is 12.8. The third-order valence-corrected chi connectivity index (χ3v) is 5.20. The SMILES string of the molecule is CCCCCC1(C)CCCC(C)(N)C1(C)N. The predicted molar refractivity (Wildman–Crippen MR) is 71.3 cm³/mol. The standard InChI is InChI=1S/C14H30N2/c1-5-6-7-9-12(2)10-8-11-13(3,15)14(12,4)16/h5-11,15-16H2,1-4H3. The van der Waals surface area contributed by atoms with E-state index in [4.69, 9.17) is 11.5 Å². The Balaban J connectivity index is 2.76. The van der Waals surface area contributed by atoms with E-state index in [1.807, 2.05) is 0 Å². The van der Waals surface area contributed by atoms with Crippen LogP contribution < -0.4 is 11.5 Å². The van der Waals surface area contributed by atoms with Crippen LogP contribution in [0.15, 0.2) is 0 Å². The van der Waals surface area contributed by atoms with Crippen molar-refractivity contribution in [3.63, 3.8) is 0 Å². The molecule has 4 N–H and O–H groups in total. The number of rotatable bonds is 4. The molecule has 3 atom stereocenters. The molecule has 0 heterocycles. The van der Waals surface area contributed by atoms with E-state index in [0.717, 1.165) is 6.42 Å². The molecule has 2 heteroatoms. The first-order valence-electron chi connectivity index (χ1n) is 6.85. The summed E-state index contributed by atoms with van der Waals surface area (Å²) in [7, 11) is 0. The Bertz CT molecular complexity index is 233. The highest BCUT2D eigenvalue weighted by Gasteiger charge is 2.53. The molecule has 16 heavy (non-hydrogen) atoms. The summed E-state index contributed by atoms with van der Waals surface area (Å²) >= 11 is 0. The van der Waals surface area contributed by atoms with Gasteiger partial charge in [0.2, 0.25) is 0 Å². The lowest BCUT2D eigenvalue weighted by Gasteiger charge is -2.57. The number of nitrogens with two attached hydrogens (primary N) is 2. The van der Waals surface area contributed by atoms with Gasteiger partial charge in [-0.25, -0.2) is 0 Å². The Kier molecular flexibility index (Phi) is 4.07. The highest BCUT2D eigenvalue weighted by Crippen LogP contribution is 2.49. The molecule has 1 rings (SSSR count). The minimum atomic E-state index is -0.244. The van der Waals surface area contributed by atoms with Crippen LogP contribution in [0.25, 0.3) is 0 Å². The van der Waals surface area contributed by atoms with Crippen molar-refractivity contribution >= 4 is 0 Å². The third kappa shape index (κ3) is 2.28. The van der Waals surface area contributed by atoms with E-state index in [1.165, 1.54) is 38.5 Å². The van der Waals surface area contributed by atoms with E-state index in [1.54, 1.807) is 0 Å². The molecular weight excluding hydrogens is 196 g/mol. The fourth-order valence-corrected chi connectivity index (χ4v) is 3.20. The van der Waals surface area contributed by atoms with Gasteiger partial charge in [0.05, 0.1) is 0 Å². The molecule has 0 aromatic rings. The topological polar surface area (TPSA) is 52.0 Å². The minimum Gasteiger partial charge on any atom is -0.324 e. The maximum Gasteiger partial charge on any atom is 0.0359 e. The Morgan fingerprint density at radius 2 is 1.62 bits per heavy atom. The lowest BCUT2D eigenvalue weighted by Crippen LogP contribution is -2.71. The average molecular weight is 226 g/mol. The van der Waals surface area contributed by atoms with E-state index in [9.17, 15) is 0 Å². The first kappa shape index (κ1) is 14.0. The van der Waals surface area contributed by atoms with Crippen molar-refractivity contribution in [1.29, 1.82) is 0 Å². The normalized spacial score (nSPS) is 44.6. The highest BCUT2D eigenvalue weighted by molar-refractivity contribution is 5.13. The fourth-order valence-electron chi connectivity index (χ4n) is 3.20. The molecule has 0 aromatic heterocycles. The maximum atomic E-state index is 6.59. The van der Waals surface area contributed by atoms with E-state index in [0.29, 0.717) is 0 Å². The van der Waals surface area contributed by atoms with Crippen LogP contribution in [0.1, 0.15) is 72.6 Å². The zero-order chi connectivity index (χ0) is 12.4. The third-order valence-electron chi connectivity index (χ3n) is 5.20. The fraction of sp³-hybridized carbons (Fsp3) is 1.00. The van der Waals surface area contributed by atoms with Crippen LogP contribution in [-0.4, -0.2) is 11.1 Å². The van der Waals surface area contributed by atoms with Crippen molar-refractivity contribution in [3.05, 3.63) is 0 Å². The number of hydrogen-bond acceptors (Lipinski definition) is 2. The highest BCUT2D eigenvalue weighted by atomic mass is 14.9. The van der Waals surface area contributed by atoms with Gasteiger partial charge in [0.15, 0.2) is 0 Å². The lowest BCUT2D eigenvalue weighted by atomic mass is 9.54. The molecule has 0 saturated heterocycles. The van der Waals surface area contributed by atoms with Gasteiger partial charge in [-0.1, -0.05) is 39.5 Å². The first-order chi connectivity index (χ1) is 7.27. The van der Waals surface area contributed by atoms with Crippen molar-refractivity contribution in [2.45, 2.75) is 83.7 Å². The second kappa shape index (κ2) is 4.66. The van der Waals surface area contributed by atoms with Gasteiger partial charge in [-0.05, 0) is 38.5 Å². The Morgan fingerprint density at radius 3 is 2.19 bits per heavy atom. The van der Waals surface area contributed by atoms with Crippen molar-refractivity contribution in [3.8, 4) is 0 Å². The van der Waals surface area contributed by atoms with E-state index < -0.39 is 0 Å². The molecule has 1 fully saturated rings. The summed E-state index contributed by atoms with van der Waals surface area (Å²) < 4.78 is 0. The second-order valence-corrected chi connectivity index (χ2v) is 6.49. The van der Waals surface area contributed by atoms with Crippen LogP contribution in [0.4, 0.5) is 0 Å². The first-order valence-corrected chi connectivity index (χ1v) is 6.85. The molecule has 1 aliphatic rings. The summed E-state index contributed by atoms with van der Waals surface area (Å²) in [5, 5.41) is 0. The molecular formula is C14H30N2. The molecule has 1 saturated carbocycles. The van der Waals surface area contributed by atoms with Crippen molar-refractivity contribution in [2.24, 2.45) is 16.9 Å². The van der Waals surface area contributed by atoms with Gasteiger partial charge < -0.3 is 11.5 Å². The van der Waals surface area contributed by atoms with Crippen LogP contribution in [0.5, 0.6) is 0 Å². The summed E-state index contributed by atoms with van der Waals surface area (Å²) in [4.78, 5) is 0. The number of hydrogen-bond donors (Lipinski definition) is 2. The van der Waals surface area contributed by atoms with Crippen LogP contribution in [-0.2, 0) is 0 Å². The van der Waals surface area contributed by atoms with Crippen LogP contribution in [0, 0.1) is 5.41 Å². The van der Waals surface area contributed by atoms with Crippen molar-refractivity contribution in [1.82, 2.24) is 0 Å². The lowest BCUT2D eigenvalue weighted by molar-refractivity contribution is 0.0174. The molecule has 0 aromatic carbocycles. The maximum absolute atomic E-state index is 6.59. The van der Waals surface area contributed by atoms with Gasteiger partial charge in [-0.3, -0.25) is 0 Å². The molecule has 1 aliphatic carbocycles. The molecule has 0 radical (unpaired) electrons. The van der Waals surface area contributed by atoms with Gasteiger partial charge in [0.25, 0.3) is 0 Å². The number of unbranched alkanes of at least 4 members (excludes halogenated alkanes) is 2. The van der Waals surface area contributed by atoms with Gasteiger partial charge in [-0.15, -0.1) is 0 Å². The van der Waals surface area contributed by atoms with Gasteiger partial charge >= 0.3 is 0 Å². The van der Waals surface area contributed by atoms with Crippen LogP contribution >= 0.6 is 0 Å². The van der Waals surface area contributed by atoms with E-state index in [2.05, 4.69) is 27.7 Å². The Hall–Kier alpha value is -0.0800. The molecule has 0 bridgehead atoms. The van der Waals surface area contributed by atoms with Gasteiger partial charge in [-0.2, -0.15) is 0 Å². The molecule has 0 spiro atoms. The van der Waals surface area contributed by atoms with E-state index in [-0.39, 0.29) is 16.5 Å². The summed E-state index contributed by atoms with van der Waals surface area (Å²) in [6.07, 6.45) is 8.61. The smallest absolute Gasteiger partial charge is 0.0359 e. The zero-order valence-corrected chi connectivity index (χ0v) is 11.6. The molecule has 3 unspecified atom stereocenters. The second-order valence-electron chi connectivity index (χ2n) is 6.49. The summed E-state index contributed by atoms with van der Waals surface area (Å²) in [6, 6.07) is 0. The zero-order valence-electron chi connectivity index (χ0n) is 11.6. The molecule has 2 nitrogen and oxygen atoms in total. The quantitative estimate of drug-likeness (QED) is 0.723. The van der Waals surface area contributed by atoms with Crippen molar-refractivity contribution in [2.75, 3.05) is 0 Å². The average Bonchev–Trinajstić information content (AvgIpc) is 2.15.